The molecule has 0 aliphatic carbocycles. The number of aliphatic hydroxyl groups excluding tert-OH is 1. The Morgan fingerprint density at radius 3 is 2.86 bits per heavy atom. The molecule has 1 aliphatic heterocycles. The Labute approximate surface area is 85.3 Å². The number of rotatable bonds is 3. The van der Waals surface area contributed by atoms with E-state index in [1.807, 2.05) is 25.7 Å². The van der Waals surface area contributed by atoms with Crippen molar-refractivity contribution in [3.63, 3.8) is 0 Å². The molecule has 0 spiro atoms. The van der Waals surface area contributed by atoms with Crippen LogP contribution in [-0.2, 0) is 4.79 Å². The maximum Gasteiger partial charge on any atom is 0.240 e. The summed E-state index contributed by atoms with van der Waals surface area (Å²) in [6, 6.07) is 0. The number of nitrogens with zero attached hydrogens (tertiary/aromatic N) is 1. The largest absolute Gasteiger partial charge is 0.392 e. The van der Waals surface area contributed by atoms with Crippen molar-refractivity contribution in [3.05, 3.63) is 0 Å². The summed E-state index contributed by atoms with van der Waals surface area (Å²) in [6.45, 7) is 7.81. The SMILES string of the molecule is CCC(O)CN1CCNC(=O)C1(C)C. The van der Waals surface area contributed by atoms with Crippen molar-refractivity contribution in [1.82, 2.24) is 10.2 Å². The van der Waals surface area contributed by atoms with Gasteiger partial charge in [-0.05, 0) is 20.3 Å². The Balaban J connectivity index is 2.62. The predicted molar refractivity (Wildman–Crippen MR) is 55.0 cm³/mol. The van der Waals surface area contributed by atoms with Crippen LogP contribution in [-0.4, -0.2) is 47.2 Å². The first-order chi connectivity index (χ1) is 6.48. The molecule has 2 N–H and O–H groups in total. The van der Waals surface area contributed by atoms with E-state index < -0.39 is 5.54 Å². The molecule has 0 aromatic heterocycles. The van der Waals surface area contributed by atoms with Gasteiger partial charge in [-0.25, -0.2) is 0 Å². The Morgan fingerprint density at radius 1 is 1.64 bits per heavy atom. The first-order valence-corrected chi connectivity index (χ1v) is 5.20. The van der Waals surface area contributed by atoms with Crippen LogP contribution in [0.15, 0.2) is 0 Å². The second kappa shape index (κ2) is 4.28. The van der Waals surface area contributed by atoms with Gasteiger partial charge in [0.1, 0.15) is 0 Å². The van der Waals surface area contributed by atoms with Crippen molar-refractivity contribution >= 4 is 5.91 Å². The van der Waals surface area contributed by atoms with Gasteiger partial charge in [0.25, 0.3) is 0 Å². The molecule has 1 aliphatic rings. The molecule has 1 fully saturated rings. The molecule has 4 nitrogen and oxygen atoms in total. The van der Waals surface area contributed by atoms with Crippen molar-refractivity contribution in [3.8, 4) is 0 Å². The van der Waals surface area contributed by atoms with E-state index in [9.17, 15) is 9.90 Å². The number of nitrogens with one attached hydrogen (secondary N) is 1. The van der Waals surface area contributed by atoms with Crippen LogP contribution in [0.1, 0.15) is 27.2 Å². The highest BCUT2D eigenvalue weighted by atomic mass is 16.3. The molecule has 1 amide bonds. The lowest BCUT2D eigenvalue weighted by atomic mass is 9.98. The first-order valence-electron chi connectivity index (χ1n) is 5.20. The zero-order chi connectivity index (χ0) is 10.8. The van der Waals surface area contributed by atoms with Crippen molar-refractivity contribution in [2.75, 3.05) is 19.6 Å². The Kier molecular flexibility index (Phi) is 3.50. The number of piperazine rings is 1. The first kappa shape index (κ1) is 11.5. The molecule has 82 valence electrons. The van der Waals surface area contributed by atoms with Gasteiger partial charge in [0.05, 0.1) is 11.6 Å². The van der Waals surface area contributed by atoms with Crippen LogP contribution in [0.25, 0.3) is 0 Å². The van der Waals surface area contributed by atoms with Crippen LogP contribution >= 0.6 is 0 Å². The van der Waals surface area contributed by atoms with Gasteiger partial charge in [-0.15, -0.1) is 0 Å². The molecule has 0 aromatic carbocycles. The van der Waals surface area contributed by atoms with Gasteiger partial charge >= 0.3 is 0 Å². The summed E-state index contributed by atoms with van der Waals surface area (Å²) in [5, 5.41) is 12.4. The summed E-state index contributed by atoms with van der Waals surface area (Å²) in [4.78, 5) is 13.6. The smallest absolute Gasteiger partial charge is 0.240 e. The minimum Gasteiger partial charge on any atom is -0.392 e. The monoisotopic (exact) mass is 200 g/mol. The maximum atomic E-state index is 11.6. The molecule has 1 rings (SSSR count). The van der Waals surface area contributed by atoms with Crippen LogP contribution in [0.2, 0.25) is 0 Å². The maximum absolute atomic E-state index is 11.6. The highest BCUT2D eigenvalue weighted by molar-refractivity contribution is 5.86. The second-order valence-electron chi connectivity index (χ2n) is 4.32. The molecule has 14 heavy (non-hydrogen) atoms. The van der Waals surface area contributed by atoms with Gasteiger partial charge < -0.3 is 10.4 Å². The summed E-state index contributed by atoms with van der Waals surface area (Å²) in [5.41, 5.74) is -0.492. The highest BCUT2D eigenvalue weighted by Crippen LogP contribution is 2.18. The average molecular weight is 200 g/mol. The lowest BCUT2D eigenvalue weighted by Gasteiger charge is -2.41. The van der Waals surface area contributed by atoms with Crippen molar-refractivity contribution in [2.24, 2.45) is 0 Å². The molecule has 0 radical (unpaired) electrons. The van der Waals surface area contributed by atoms with E-state index in [1.165, 1.54) is 0 Å². The van der Waals surface area contributed by atoms with E-state index in [0.29, 0.717) is 13.1 Å². The van der Waals surface area contributed by atoms with Crippen LogP contribution in [0, 0.1) is 0 Å². The minimum absolute atomic E-state index is 0.0482. The molecule has 1 unspecified atom stereocenters. The Hall–Kier alpha value is -0.610. The summed E-state index contributed by atoms with van der Waals surface area (Å²) in [5.74, 6) is 0.0482. The number of amides is 1. The summed E-state index contributed by atoms with van der Waals surface area (Å²) in [7, 11) is 0. The molecule has 0 aromatic rings. The van der Waals surface area contributed by atoms with Gasteiger partial charge in [0.15, 0.2) is 0 Å². The fourth-order valence-electron chi connectivity index (χ4n) is 1.65. The molecule has 1 atom stereocenters. The molecule has 1 heterocycles. The molecular formula is C10H20N2O2. The number of aliphatic hydroxyl groups is 1. The fraction of sp³-hybridized carbons (Fsp3) is 0.900. The quantitative estimate of drug-likeness (QED) is 0.672. The molecule has 4 heteroatoms. The standard InChI is InChI=1S/C10H20N2O2/c1-4-8(13)7-12-6-5-11-9(14)10(12,2)3/h8,13H,4-7H2,1-3H3,(H,11,14). The molecular weight excluding hydrogens is 180 g/mol. The van der Waals surface area contributed by atoms with E-state index in [0.717, 1.165) is 13.0 Å². The normalized spacial score (nSPS) is 24.4. The van der Waals surface area contributed by atoms with Crippen LogP contribution < -0.4 is 5.32 Å². The minimum atomic E-state index is -0.492. The summed E-state index contributed by atoms with van der Waals surface area (Å²) < 4.78 is 0. The molecule has 0 bridgehead atoms. The van der Waals surface area contributed by atoms with E-state index in [1.54, 1.807) is 0 Å². The third-order valence-electron chi connectivity index (χ3n) is 2.92. The van der Waals surface area contributed by atoms with Gasteiger partial charge in [0, 0.05) is 19.6 Å². The van der Waals surface area contributed by atoms with Gasteiger partial charge in [-0.2, -0.15) is 0 Å². The number of β-amino-alcohol motifs (C(OH)–C–C–N with tert-alkyl or cyclic N) is 1. The predicted octanol–water partition coefficient (Wildman–Crippen LogP) is -0.0323. The third kappa shape index (κ3) is 2.25. The fourth-order valence-corrected chi connectivity index (χ4v) is 1.65. The number of carbonyl (C=O) groups is 1. The lowest BCUT2D eigenvalue weighted by molar-refractivity contribution is -0.136. The van der Waals surface area contributed by atoms with E-state index in [2.05, 4.69) is 5.32 Å². The number of hydrogen-bond acceptors (Lipinski definition) is 3. The van der Waals surface area contributed by atoms with Crippen LogP contribution in [0.5, 0.6) is 0 Å². The van der Waals surface area contributed by atoms with Crippen molar-refractivity contribution in [1.29, 1.82) is 0 Å². The van der Waals surface area contributed by atoms with Crippen molar-refractivity contribution in [2.45, 2.75) is 38.8 Å². The van der Waals surface area contributed by atoms with Gasteiger partial charge in [-0.1, -0.05) is 6.92 Å². The zero-order valence-corrected chi connectivity index (χ0v) is 9.21. The second-order valence-corrected chi connectivity index (χ2v) is 4.32. The van der Waals surface area contributed by atoms with Crippen molar-refractivity contribution < 1.29 is 9.90 Å². The van der Waals surface area contributed by atoms with E-state index >= 15 is 0 Å². The zero-order valence-electron chi connectivity index (χ0n) is 9.21. The Morgan fingerprint density at radius 2 is 2.29 bits per heavy atom. The van der Waals surface area contributed by atoms with E-state index in [-0.39, 0.29) is 12.0 Å². The topological polar surface area (TPSA) is 52.6 Å². The number of carbonyl (C=O) groups excluding carboxylic acids is 1. The molecule has 0 saturated carbocycles. The average Bonchev–Trinajstić information content (AvgIpc) is 2.13. The van der Waals surface area contributed by atoms with Crippen LogP contribution in [0.4, 0.5) is 0 Å². The lowest BCUT2D eigenvalue weighted by Crippen LogP contribution is -2.62. The highest BCUT2D eigenvalue weighted by Gasteiger charge is 2.37. The third-order valence-corrected chi connectivity index (χ3v) is 2.92. The molecule has 1 saturated heterocycles. The van der Waals surface area contributed by atoms with Gasteiger partial charge in [-0.3, -0.25) is 9.69 Å². The number of hydrogen-bond donors (Lipinski definition) is 2. The van der Waals surface area contributed by atoms with Gasteiger partial charge in [0.2, 0.25) is 5.91 Å². The summed E-state index contributed by atoms with van der Waals surface area (Å²) >= 11 is 0. The summed E-state index contributed by atoms with van der Waals surface area (Å²) in [6.07, 6.45) is 0.397. The van der Waals surface area contributed by atoms with Crippen LogP contribution in [0.3, 0.4) is 0 Å². The van der Waals surface area contributed by atoms with E-state index in [4.69, 9.17) is 0 Å². The Bertz CT molecular complexity index is 216.